The van der Waals surface area contributed by atoms with Crippen LogP contribution in [0.1, 0.15) is 53.0 Å². The molecule has 0 aliphatic rings. The van der Waals surface area contributed by atoms with Crippen LogP contribution in [-0.2, 0) is 0 Å². The van der Waals surface area contributed by atoms with Crippen molar-refractivity contribution in [2.75, 3.05) is 0 Å². The first-order valence-electron chi connectivity index (χ1n) is 8.01. The van der Waals surface area contributed by atoms with Crippen LogP contribution in [0, 0.1) is 11.3 Å². The van der Waals surface area contributed by atoms with E-state index in [0.717, 1.165) is 12.3 Å². The first-order chi connectivity index (χ1) is 9.85. The average molecular weight is 280 g/mol. The second-order valence-electron chi connectivity index (χ2n) is 7.55. The summed E-state index contributed by atoms with van der Waals surface area (Å²) in [5.74, 6) is 0.736. The zero-order valence-electron chi connectivity index (χ0n) is 14.1. The Balaban J connectivity index is 2.10. The number of allylic oxidation sites excluding steroid dienone is 2. The molecule has 2 rings (SSSR count). The Kier molecular flexibility index (Phi) is 4.88. The standard InChI is InChI=1S/C21H28/c1-16(15-21(3,4)5)10-11-17(2)19-13-12-18-8-6-7-9-20(18)14-19/h6-9,11-14,16H,10,15H2,1-5H3. The fourth-order valence-electron chi connectivity index (χ4n) is 3.06. The molecule has 112 valence electrons. The Labute approximate surface area is 129 Å². The van der Waals surface area contributed by atoms with Gasteiger partial charge in [0.15, 0.2) is 0 Å². The van der Waals surface area contributed by atoms with Gasteiger partial charge in [-0.05, 0) is 59.1 Å². The lowest BCUT2D eigenvalue weighted by molar-refractivity contribution is 0.308. The SMILES string of the molecule is CC(=CCC(C)CC(C)(C)C)c1ccc2ccccc2c1. The molecule has 0 amide bonds. The summed E-state index contributed by atoms with van der Waals surface area (Å²) in [6.45, 7) is 11.6. The Morgan fingerprint density at radius 3 is 2.38 bits per heavy atom. The minimum absolute atomic E-state index is 0.421. The molecule has 0 bridgehead atoms. The fraction of sp³-hybridized carbons (Fsp3) is 0.429. The molecule has 2 aromatic rings. The molecule has 0 aromatic heterocycles. The van der Waals surface area contributed by atoms with Crippen LogP contribution in [0.3, 0.4) is 0 Å². The largest absolute Gasteiger partial charge is 0.0807 e. The molecule has 21 heavy (non-hydrogen) atoms. The van der Waals surface area contributed by atoms with Gasteiger partial charge >= 0.3 is 0 Å². The first kappa shape index (κ1) is 15.8. The van der Waals surface area contributed by atoms with Gasteiger partial charge in [0.05, 0.1) is 0 Å². The van der Waals surface area contributed by atoms with E-state index in [2.05, 4.69) is 83.2 Å². The lowest BCUT2D eigenvalue weighted by atomic mass is 9.84. The van der Waals surface area contributed by atoms with E-state index in [1.54, 1.807) is 0 Å². The number of benzene rings is 2. The number of fused-ring (bicyclic) bond motifs is 1. The van der Waals surface area contributed by atoms with Crippen LogP contribution in [0.25, 0.3) is 16.3 Å². The van der Waals surface area contributed by atoms with E-state index < -0.39 is 0 Å². The number of hydrogen-bond donors (Lipinski definition) is 0. The Hall–Kier alpha value is -1.56. The number of hydrogen-bond acceptors (Lipinski definition) is 0. The monoisotopic (exact) mass is 280 g/mol. The van der Waals surface area contributed by atoms with E-state index in [0.29, 0.717) is 5.41 Å². The van der Waals surface area contributed by atoms with Gasteiger partial charge in [-0.1, -0.05) is 70.2 Å². The van der Waals surface area contributed by atoms with Crippen molar-refractivity contribution >= 4 is 16.3 Å². The summed E-state index contributed by atoms with van der Waals surface area (Å²) < 4.78 is 0. The molecular weight excluding hydrogens is 252 g/mol. The Morgan fingerprint density at radius 2 is 1.71 bits per heavy atom. The van der Waals surface area contributed by atoms with Gasteiger partial charge in [-0.25, -0.2) is 0 Å². The van der Waals surface area contributed by atoms with Crippen LogP contribution in [0.4, 0.5) is 0 Å². The van der Waals surface area contributed by atoms with Gasteiger partial charge < -0.3 is 0 Å². The molecule has 0 aliphatic heterocycles. The molecule has 0 saturated heterocycles. The smallest absolute Gasteiger partial charge is 0.0178 e. The van der Waals surface area contributed by atoms with Crippen LogP contribution in [-0.4, -0.2) is 0 Å². The van der Waals surface area contributed by atoms with E-state index in [4.69, 9.17) is 0 Å². The summed E-state index contributed by atoms with van der Waals surface area (Å²) in [5.41, 5.74) is 3.16. The summed E-state index contributed by atoms with van der Waals surface area (Å²) in [6.07, 6.45) is 4.84. The van der Waals surface area contributed by atoms with E-state index in [1.807, 2.05) is 0 Å². The minimum Gasteiger partial charge on any atom is -0.0807 e. The van der Waals surface area contributed by atoms with Crippen LogP contribution < -0.4 is 0 Å². The van der Waals surface area contributed by atoms with Crippen molar-refractivity contribution in [1.29, 1.82) is 0 Å². The third-order valence-electron chi connectivity index (χ3n) is 3.99. The highest BCUT2D eigenvalue weighted by molar-refractivity contribution is 5.86. The van der Waals surface area contributed by atoms with Gasteiger partial charge in [0.2, 0.25) is 0 Å². The zero-order chi connectivity index (χ0) is 15.5. The Morgan fingerprint density at radius 1 is 1.05 bits per heavy atom. The first-order valence-corrected chi connectivity index (χ1v) is 8.01. The van der Waals surface area contributed by atoms with E-state index in [1.165, 1.54) is 28.3 Å². The molecule has 0 nitrogen and oxygen atoms in total. The summed E-state index contributed by atoms with van der Waals surface area (Å²) in [6, 6.07) is 15.3. The maximum Gasteiger partial charge on any atom is -0.0178 e. The topological polar surface area (TPSA) is 0 Å². The van der Waals surface area contributed by atoms with Gasteiger partial charge in [-0.15, -0.1) is 0 Å². The van der Waals surface area contributed by atoms with Crippen LogP contribution in [0.15, 0.2) is 48.5 Å². The third kappa shape index (κ3) is 4.74. The maximum atomic E-state index is 2.40. The molecule has 2 aromatic carbocycles. The van der Waals surface area contributed by atoms with Crippen molar-refractivity contribution in [3.8, 4) is 0 Å². The van der Waals surface area contributed by atoms with Crippen molar-refractivity contribution in [3.05, 3.63) is 54.1 Å². The molecule has 1 unspecified atom stereocenters. The highest BCUT2D eigenvalue weighted by Gasteiger charge is 2.14. The molecule has 0 spiro atoms. The second-order valence-corrected chi connectivity index (χ2v) is 7.55. The van der Waals surface area contributed by atoms with E-state index in [9.17, 15) is 0 Å². The van der Waals surface area contributed by atoms with Crippen molar-refractivity contribution in [2.24, 2.45) is 11.3 Å². The summed E-state index contributed by atoms with van der Waals surface area (Å²) in [7, 11) is 0. The molecule has 0 fully saturated rings. The van der Waals surface area contributed by atoms with Gasteiger partial charge in [0, 0.05) is 0 Å². The molecule has 0 radical (unpaired) electrons. The van der Waals surface area contributed by atoms with Crippen LogP contribution >= 0.6 is 0 Å². The van der Waals surface area contributed by atoms with Gasteiger partial charge in [-0.2, -0.15) is 0 Å². The number of rotatable bonds is 4. The Bertz CT molecular complexity index is 626. The van der Waals surface area contributed by atoms with Gasteiger partial charge in [0.25, 0.3) is 0 Å². The molecule has 1 atom stereocenters. The zero-order valence-corrected chi connectivity index (χ0v) is 14.1. The highest BCUT2D eigenvalue weighted by Crippen LogP contribution is 2.27. The molecule has 0 heterocycles. The quantitative estimate of drug-likeness (QED) is 0.584. The average Bonchev–Trinajstić information content (AvgIpc) is 2.42. The molecule has 0 N–H and O–H groups in total. The van der Waals surface area contributed by atoms with Gasteiger partial charge in [-0.3, -0.25) is 0 Å². The molecule has 0 heteroatoms. The van der Waals surface area contributed by atoms with E-state index >= 15 is 0 Å². The molecular formula is C21H28. The van der Waals surface area contributed by atoms with Gasteiger partial charge in [0.1, 0.15) is 0 Å². The predicted octanol–water partition coefficient (Wildman–Crippen LogP) is 6.71. The molecule has 0 aliphatic carbocycles. The fourth-order valence-corrected chi connectivity index (χ4v) is 3.06. The molecule has 0 saturated carbocycles. The summed E-state index contributed by atoms with van der Waals surface area (Å²) >= 11 is 0. The lowest BCUT2D eigenvalue weighted by Gasteiger charge is -2.22. The second kappa shape index (κ2) is 6.47. The third-order valence-corrected chi connectivity index (χ3v) is 3.99. The maximum absolute atomic E-state index is 2.40. The summed E-state index contributed by atoms with van der Waals surface area (Å²) in [4.78, 5) is 0. The van der Waals surface area contributed by atoms with Crippen molar-refractivity contribution in [2.45, 2.75) is 47.5 Å². The normalized spacial score (nSPS) is 14.4. The minimum atomic E-state index is 0.421. The lowest BCUT2D eigenvalue weighted by Crippen LogP contribution is -2.10. The van der Waals surface area contributed by atoms with Crippen molar-refractivity contribution < 1.29 is 0 Å². The van der Waals surface area contributed by atoms with Crippen molar-refractivity contribution in [3.63, 3.8) is 0 Å². The van der Waals surface area contributed by atoms with Crippen LogP contribution in [0.5, 0.6) is 0 Å². The van der Waals surface area contributed by atoms with E-state index in [-0.39, 0.29) is 0 Å². The summed E-state index contributed by atoms with van der Waals surface area (Å²) in [5, 5.41) is 2.64. The highest BCUT2D eigenvalue weighted by atomic mass is 14.2. The van der Waals surface area contributed by atoms with Crippen LogP contribution in [0.2, 0.25) is 0 Å². The van der Waals surface area contributed by atoms with Crippen molar-refractivity contribution in [1.82, 2.24) is 0 Å². The predicted molar refractivity (Wildman–Crippen MR) is 95.5 cm³/mol.